The van der Waals surface area contributed by atoms with Gasteiger partial charge in [0.1, 0.15) is 5.76 Å². The fourth-order valence-corrected chi connectivity index (χ4v) is 3.27. The molecule has 0 fully saturated rings. The first kappa shape index (κ1) is 15.7. The number of benzene rings is 1. The average molecular weight is 318 g/mol. The van der Waals surface area contributed by atoms with E-state index < -0.39 is 0 Å². The van der Waals surface area contributed by atoms with Crippen molar-refractivity contribution in [2.24, 2.45) is 5.73 Å². The molecule has 2 heterocycles. The van der Waals surface area contributed by atoms with E-state index >= 15 is 0 Å². The molecule has 1 unspecified atom stereocenters. The molecule has 2 aromatic rings. The van der Waals surface area contributed by atoms with E-state index in [4.69, 9.17) is 24.4 Å². The normalized spacial score (nSPS) is 17.1. The Balaban J connectivity index is 2.03. The zero-order valence-electron chi connectivity index (χ0n) is 13.7. The van der Waals surface area contributed by atoms with Crippen LogP contribution in [0.3, 0.4) is 0 Å². The second kappa shape index (κ2) is 6.52. The van der Waals surface area contributed by atoms with Gasteiger partial charge >= 0.3 is 0 Å². The Morgan fingerprint density at radius 2 is 2.00 bits per heavy atom. The molecule has 0 radical (unpaired) electrons. The fourth-order valence-electron chi connectivity index (χ4n) is 3.27. The van der Waals surface area contributed by atoms with Gasteiger partial charge in [-0.25, -0.2) is 0 Å². The highest BCUT2D eigenvalue weighted by Gasteiger charge is 2.35. The van der Waals surface area contributed by atoms with Gasteiger partial charge in [-0.3, -0.25) is 4.90 Å². The van der Waals surface area contributed by atoms with Crippen LogP contribution in [0.25, 0.3) is 0 Å². The van der Waals surface area contributed by atoms with Gasteiger partial charge in [0.05, 0.1) is 40.2 Å². The van der Waals surface area contributed by atoms with Gasteiger partial charge in [-0.2, -0.15) is 0 Å². The second-order valence-electron chi connectivity index (χ2n) is 5.45. The van der Waals surface area contributed by atoms with Crippen LogP contribution >= 0.6 is 0 Å². The van der Waals surface area contributed by atoms with Crippen molar-refractivity contribution in [1.82, 2.24) is 4.90 Å². The zero-order chi connectivity index (χ0) is 16.4. The van der Waals surface area contributed by atoms with Crippen LogP contribution in [0.4, 0.5) is 0 Å². The Bertz CT molecular complexity index is 670. The third kappa shape index (κ3) is 2.64. The maximum atomic E-state index is 6.05. The molecule has 6 nitrogen and oxygen atoms in total. The van der Waals surface area contributed by atoms with Crippen molar-refractivity contribution in [3.8, 4) is 17.2 Å². The summed E-state index contributed by atoms with van der Waals surface area (Å²) in [6.07, 6.45) is 1.68. The molecule has 2 N–H and O–H groups in total. The predicted molar refractivity (Wildman–Crippen MR) is 85.8 cm³/mol. The number of nitrogens with two attached hydrogens (primary N) is 1. The Hall–Kier alpha value is -2.18. The summed E-state index contributed by atoms with van der Waals surface area (Å²) in [6.45, 7) is 1.94. The van der Waals surface area contributed by atoms with Crippen molar-refractivity contribution in [2.45, 2.75) is 19.1 Å². The van der Waals surface area contributed by atoms with Gasteiger partial charge in [0.15, 0.2) is 11.5 Å². The highest BCUT2D eigenvalue weighted by molar-refractivity contribution is 5.61. The number of hydrogen-bond donors (Lipinski definition) is 1. The van der Waals surface area contributed by atoms with Gasteiger partial charge in [-0.1, -0.05) is 0 Å². The number of fused-ring (bicyclic) bond motifs is 1. The lowest BCUT2D eigenvalue weighted by Gasteiger charge is -2.24. The molecule has 23 heavy (non-hydrogen) atoms. The van der Waals surface area contributed by atoms with Crippen LogP contribution in [-0.2, 0) is 13.1 Å². The van der Waals surface area contributed by atoms with E-state index in [1.807, 2.05) is 18.2 Å². The molecule has 124 valence electrons. The molecule has 1 aliphatic heterocycles. The van der Waals surface area contributed by atoms with Gasteiger partial charge in [0.25, 0.3) is 0 Å². The lowest BCUT2D eigenvalue weighted by Crippen LogP contribution is -2.27. The van der Waals surface area contributed by atoms with Crippen LogP contribution in [0.2, 0.25) is 0 Å². The Morgan fingerprint density at radius 1 is 1.22 bits per heavy atom. The summed E-state index contributed by atoms with van der Waals surface area (Å²) in [6, 6.07) is 5.91. The lowest BCUT2D eigenvalue weighted by molar-refractivity contribution is 0.192. The quantitative estimate of drug-likeness (QED) is 0.881. The van der Waals surface area contributed by atoms with Gasteiger partial charge in [-0.05, 0) is 23.8 Å². The topological polar surface area (TPSA) is 70.1 Å². The Morgan fingerprint density at radius 3 is 2.57 bits per heavy atom. The standard InChI is InChI=1S/C17H22N2O4/c1-20-14-7-11-9-19(10-12-5-4-6-23-12)13(8-18)15(11)17(22-3)16(14)21-2/h4-7,13H,8-10,18H2,1-3H3. The summed E-state index contributed by atoms with van der Waals surface area (Å²) >= 11 is 0. The van der Waals surface area contributed by atoms with Crippen LogP contribution in [-0.4, -0.2) is 32.8 Å². The molecular weight excluding hydrogens is 296 g/mol. The summed E-state index contributed by atoms with van der Waals surface area (Å²) in [4.78, 5) is 2.27. The van der Waals surface area contributed by atoms with Crippen LogP contribution in [0, 0.1) is 0 Å². The molecule has 1 aromatic heterocycles. The predicted octanol–water partition coefficient (Wildman–Crippen LogP) is 2.32. The number of nitrogens with zero attached hydrogens (tertiary/aromatic N) is 1. The van der Waals surface area contributed by atoms with E-state index in [0.717, 1.165) is 23.4 Å². The van der Waals surface area contributed by atoms with E-state index in [2.05, 4.69) is 4.90 Å². The summed E-state index contributed by atoms with van der Waals surface area (Å²) in [5.74, 6) is 2.87. The van der Waals surface area contributed by atoms with E-state index in [-0.39, 0.29) is 6.04 Å². The average Bonchev–Trinajstić information content (AvgIpc) is 3.20. The SMILES string of the molecule is COc1cc2c(c(OC)c1OC)C(CN)N(Cc1ccco1)C2. The lowest BCUT2D eigenvalue weighted by atomic mass is 10.0. The van der Waals surface area contributed by atoms with Gasteiger partial charge in [0.2, 0.25) is 5.75 Å². The molecule has 3 rings (SSSR count). The zero-order valence-corrected chi connectivity index (χ0v) is 13.7. The third-order valence-corrected chi connectivity index (χ3v) is 4.26. The molecular formula is C17H22N2O4. The second-order valence-corrected chi connectivity index (χ2v) is 5.45. The summed E-state index contributed by atoms with van der Waals surface area (Å²) in [5.41, 5.74) is 8.26. The summed E-state index contributed by atoms with van der Waals surface area (Å²) in [5, 5.41) is 0. The van der Waals surface area contributed by atoms with Crippen molar-refractivity contribution in [3.63, 3.8) is 0 Å². The third-order valence-electron chi connectivity index (χ3n) is 4.26. The van der Waals surface area contributed by atoms with Crippen molar-refractivity contribution in [1.29, 1.82) is 0 Å². The molecule has 0 saturated heterocycles. The fraction of sp³-hybridized carbons (Fsp3) is 0.412. The highest BCUT2D eigenvalue weighted by Crippen LogP contribution is 2.49. The van der Waals surface area contributed by atoms with Gasteiger partial charge in [-0.15, -0.1) is 0 Å². The molecule has 0 bridgehead atoms. The minimum Gasteiger partial charge on any atom is -0.493 e. The first-order valence-electron chi connectivity index (χ1n) is 7.51. The van der Waals surface area contributed by atoms with Crippen LogP contribution in [0.15, 0.2) is 28.9 Å². The largest absolute Gasteiger partial charge is 0.493 e. The molecule has 1 aliphatic rings. The van der Waals surface area contributed by atoms with E-state index in [1.165, 1.54) is 0 Å². The molecule has 0 saturated carbocycles. The van der Waals surface area contributed by atoms with Gasteiger partial charge < -0.3 is 24.4 Å². The Labute approximate surface area is 135 Å². The first-order valence-corrected chi connectivity index (χ1v) is 7.51. The molecule has 1 aromatic carbocycles. The molecule has 6 heteroatoms. The maximum Gasteiger partial charge on any atom is 0.203 e. The van der Waals surface area contributed by atoms with Crippen molar-refractivity contribution >= 4 is 0 Å². The highest BCUT2D eigenvalue weighted by atomic mass is 16.5. The molecule has 0 spiro atoms. The minimum atomic E-state index is 0.0462. The van der Waals surface area contributed by atoms with Crippen molar-refractivity contribution < 1.29 is 18.6 Å². The van der Waals surface area contributed by atoms with Crippen molar-refractivity contribution in [3.05, 3.63) is 41.3 Å². The maximum absolute atomic E-state index is 6.05. The van der Waals surface area contributed by atoms with Crippen molar-refractivity contribution in [2.75, 3.05) is 27.9 Å². The first-order chi connectivity index (χ1) is 11.2. The van der Waals surface area contributed by atoms with E-state index in [1.54, 1.807) is 27.6 Å². The van der Waals surface area contributed by atoms with E-state index in [0.29, 0.717) is 30.3 Å². The summed E-state index contributed by atoms with van der Waals surface area (Å²) < 4.78 is 22.0. The van der Waals surface area contributed by atoms with Crippen LogP contribution < -0.4 is 19.9 Å². The van der Waals surface area contributed by atoms with E-state index in [9.17, 15) is 0 Å². The minimum absolute atomic E-state index is 0.0462. The number of methoxy groups -OCH3 is 3. The number of rotatable bonds is 6. The number of furan rings is 1. The molecule has 1 atom stereocenters. The molecule has 0 aliphatic carbocycles. The van der Waals surface area contributed by atoms with Crippen LogP contribution in [0.1, 0.15) is 22.9 Å². The van der Waals surface area contributed by atoms with Gasteiger partial charge in [0, 0.05) is 18.7 Å². The smallest absolute Gasteiger partial charge is 0.203 e. The Kier molecular flexibility index (Phi) is 4.45. The van der Waals surface area contributed by atoms with Crippen LogP contribution in [0.5, 0.6) is 17.2 Å². The molecule has 0 amide bonds. The monoisotopic (exact) mass is 318 g/mol. The summed E-state index contributed by atoms with van der Waals surface area (Å²) in [7, 11) is 4.87. The number of hydrogen-bond acceptors (Lipinski definition) is 6. The number of ether oxygens (including phenoxy) is 3.